The van der Waals surface area contributed by atoms with Crippen molar-refractivity contribution in [3.63, 3.8) is 0 Å². The topological polar surface area (TPSA) is 138 Å². The first-order valence-corrected chi connectivity index (χ1v) is 11.4. The van der Waals surface area contributed by atoms with Gasteiger partial charge in [0.25, 0.3) is 0 Å². The fraction of sp³-hybridized carbons (Fsp3) is 0.320. The zero-order valence-electron chi connectivity index (χ0n) is 21.1. The van der Waals surface area contributed by atoms with Crippen molar-refractivity contribution in [1.29, 1.82) is 0 Å². The Morgan fingerprint density at radius 2 is 1.70 bits per heavy atom. The quantitative estimate of drug-likeness (QED) is 0.205. The second-order valence-electron chi connectivity index (χ2n) is 7.69. The zero-order chi connectivity index (χ0) is 26.8. The molecule has 0 saturated carbocycles. The molecular weight excluding hydrogens is 482 g/mol. The molecule has 0 radical (unpaired) electrons. The molecule has 12 nitrogen and oxygen atoms in total. The van der Waals surface area contributed by atoms with Gasteiger partial charge in [0.05, 0.1) is 32.9 Å². The van der Waals surface area contributed by atoms with Gasteiger partial charge in [0.1, 0.15) is 12.9 Å². The highest BCUT2D eigenvalue weighted by atomic mass is 16.6. The summed E-state index contributed by atoms with van der Waals surface area (Å²) in [5.41, 5.74) is 1.18. The number of methoxy groups -OCH3 is 3. The molecule has 0 fully saturated rings. The number of rotatable bonds is 13. The van der Waals surface area contributed by atoms with Crippen molar-refractivity contribution in [2.24, 2.45) is 0 Å². The van der Waals surface area contributed by atoms with E-state index in [9.17, 15) is 14.9 Å². The Labute approximate surface area is 214 Å². The highest BCUT2D eigenvalue weighted by Crippen LogP contribution is 2.39. The minimum absolute atomic E-state index is 0.00864. The normalized spacial score (nSPS) is 10.4. The van der Waals surface area contributed by atoms with Crippen molar-refractivity contribution in [2.75, 3.05) is 44.7 Å². The molecule has 0 aliphatic carbocycles. The van der Waals surface area contributed by atoms with Gasteiger partial charge in [-0.15, -0.1) is 0 Å². The number of hydrogen-bond acceptors (Lipinski definition) is 11. The summed E-state index contributed by atoms with van der Waals surface area (Å²) in [6, 6.07) is 12.7. The third-order valence-corrected chi connectivity index (χ3v) is 5.31. The van der Waals surface area contributed by atoms with Crippen LogP contribution in [0.25, 0.3) is 0 Å². The molecule has 3 rings (SSSR count). The van der Waals surface area contributed by atoms with Crippen LogP contribution in [-0.4, -0.2) is 55.3 Å². The Bertz CT molecular complexity index is 1200. The molecule has 0 bridgehead atoms. The highest BCUT2D eigenvalue weighted by Gasteiger charge is 2.29. The van der Waals surface area contributed by atoms with E-state index in [0.29, 0.717) is 22.8 Å². The number of nitrogens with one attached hydrogen (secondary N) is 1. The Morgan fingerprint density at radius 1 is 1.03 bits per heavy atom. The van der Waals surface area contributed by atoms with Gasteiger partial charge in [-0.25, -0.2) is 9.97 Å². The van der Waals surface area contributed by atoms with Crippen LogP contribution in [0.2, 0.25) is 0 Å². The Hall–Kier alpha value is -4.61. The number of anilines is 2. The number of nitro groups is 1. The Morgan fingerprint density at radius 3 is 2.27 bits per heavy atom. The van der Waals surface area contributed by atoms with Gasteiger partial charge >= 0.3 is 11.7 Å². The van der Waals surface area contributed by atoms with Gasteiger partial charge in [-0.2, -0.15) is 0 Å². The summed E-state index contributed by atoms with van der Waals surface area (Å²) in [5, 5.41) is 15.2. The van der Waals surface area contributed by atoms with E-state index in [1.54, 1.807) is 19.1 Å². The van der Waals surface area contributed by atoms with Gasteiger partial charge in [0.15, 0.2) is 11.5 Å². The molecule has 196 valence electrons. The molecule has 2 aromatic carbocycles. The number of benzene rings is 2. The first-order chi connectivity index (χ1) is 17.9. The summed E-state index contributed by atoms with van der Waals surface area (Å²) in [6.07, 6.45) is 1.21. The van der Waals surface area contributed by atoms with E-state index in [4.69, 9.17) is 18.9 Å². The Balaban J connectivity index is 1.96. The third-order valence-electron chi connectivity index (χ3n) is 5.31. The molecule has 3 aromatic rings. The first kappa shape index (κ1) is 27.0. The molecule has 0 aliphatic heterocycles. The second-order valence-corrected chi connectivity index (χ2v) is 7.69. The van der Waals surface area contributed by atoms with Gasteiger partial charge in [-0.1, -0.05) is 30.3 Å². The minimum Gasteiger partial charge on any atom is -0.493 e. The van der Waals surface area contributed by atoms with Crippen LogP contribution in [0.3, 0.4) is 0 Å². The summed E-state index contributed by atoms with van der Waals surface area (Å²) in [5.74, 6) is 0.771. The monoisotopic (exact) mass is 511 g/mol. The standard InChI is InChI=1S/C25H29N5O7/c1-5-37-21(31)15-29(14-17-9-7-6-8-10-17)25-22(30(32)33)24(27-16-28-25)26-13-18-11-19(34-2)23(36-4)20(12-18)35-3/h6-12,16H,5,13-15H2,1-4H3,(H,26,27,28). The van der Waals surface area contributed by atoms with Crippen molar-refractivity contribution in [3.05, 3.63) is 70.0 Å². The van der Waals surface area contributed by atoms with E-state index in [0.717, 1.165) is 5.56 Å². The van der Waals surface area contributed by atoms with Crippen molar-refractivity contribution < 1.29 is 28.7 Å². The van der Waals surface area contributed by atoms with E-state index in [2.05, 4.69) is 15.3 Å². The molecule has 0 aliphatic rings. The zero-order valence-corrected chi connectivity index (χ0v) is 21.1. The number of nitrogens with zero attached hydrogens (tertiary/aromatic N) is 4. The number of ether oxygens (including phenoxy) is 4. The lowest BCUT2D eigenvalue weighted by Crippen LogP contribution is -2.32. The van der Waals surface area contributed by atoms with Gasteiger partial charge < -0.3 is 29.2 Å². The molecule has 0 atom stereocenters. The van der Waals surface area contributed by atoms with E-state index < -0.39 is 10.9 Å². The van der Waals surface area contributed by atoms with Gasteiger partial charge in [-0.05, 0) is 30.2 Å². The van der Waals surface area contributed by atoms with Gasteiger partial charge in [0.2, 0.25) is 17.4 Å². The van der Waals surface area contributed by atoms with Crippen molar-refractivity contribution in [3.8, 4) is 17.2 Å². The van der Waals surface area contributed by atoms with E-state index in [1.807, 2.05) is 30.3 Å². The highest BCUT2D eigenvalue weighted by molar-refractivity contribution is 5.79. The lowest BCUT2D eigenvalue weighted by molar-refractivity contribution is -0.383. The Kier molecular flexibility index (Phi) is 9.41. The lowest BCUT2D eigenvalue weighted by atomic mass is 10.1. The van der Waals surface area contributed by atoms with Crippen molar-refractivity contribution in [2.45, 2.75) is 20.0 Å². The third kappa shape index (κ3) is 6.75. The lowest BCUT2D eigenvalue weighted by Gasteiger charge is -2.23. The average Bonchev–Trinajstić information content (AvgIpc) is 2.91. The number of hydrogen-bond donors (Lipinski definition) is 1. The maximum atomic E-state index is 12.3. The molecule has 1 heterocycles. The van der Waals surface area contributed by atoms with E-state index >= 15 is 0 Å². The summed E-state index contributed by atoms with van der Waals surface area (Å²) in [6.45, 7) is 2.00. The van der Waals surface area contributed by atoms with Crippen molar-refractivity contribution in [1.82, 2.24) is 9.97 Å². The molecule has 0 saturated heterocycles. The van der Waals surface area contributed by atoms with Crippen LogP contribution < -0.4 is 24.4 Å². The van der Waals surface area contributed by atoms with Crippen LogP contribution >= 0.6 is 0 Å². The molecule has 0 unspecified atom stereocenters. The maximum Gasteiger partial charge on any atom is 0.353 e. The molecule has 1 N–H and O–H groups in total. The molecular formula is C25H29N5O7. The molecule has 37 heavy (non-hydrogen) atoms. The fourth-order valence-corrected chi connectivity index (χ4v) is 3.69. The van der Waals surface area contributed by atoms with E-state index in [1.165, 1.54) is 32.6 Å². The fourth-order valence-electron chi connectivity index (χ4n) is 3.69. The second kappa shape index (κ2) is 12.9. The number of carbonyl (C=O) groups is 1. The van der Waals surface area contributed by atoms with Gasteiger partial charge in [0, 0.05) is 13.1 Å². The van der Waals surface area contributed by atoms with Crippen LogP contribution in [-0.2, 0) is 22.6 Å². The largest absolute Gasteiger partial charge is 0.493 e. The minimum atomic E-state index is -0.573. The first-order valence-electron chi connectivity index (χ1n) is 11.4. The number of carbonyl (C=O) groups excluding carboxylic acids is 1. The molecule has 0 amide bonds. The average molecular weight is 512 g/mol. The van der Waals surface area contributed by atoms with Crippen LogP contribution in [0.1, 0.15) is 18.1 Å². The molecule has 12 heteroatoms. The van der Waals surface area contributed by atoms with E-state index in [-0.39, 0.29) is 43.6 Å². The van der Waals surface area contributed by atoms with Crippen LogP contribution in [0.15, 0.2) is 48.8 Å². The summed E-state index contributed by atoms with van der Waals surface area (Å²) >= 11 is 0. The van der Waals surface area contributed by atoms with Crippen LogP contribution in [0.4, 0.5) is 17.3 Å². The van der Waals surface area contributed by atoms with Crippen LogP contribution in [0.5, 0.6) is 17.2 Å². The number of aromatic nitrogens is 2. The summed E-state index contributed by atoms with van der Waals surface area (Å²) in [4.78, 5) is 33.7. The van der Waals surface area contributed by atoms with Gasteiger partial charge in [-0.3, -0.25) is 14.9 Å². The van der Waals surface area contributed by atoms with Crippen molar-refractivity contribution >= 4 is 23.3 Å². The number of esters is 1. The smallest absolute Gasteiger partial charge is 0.353 e. The maximum absolute atomic E-state index is 12.3. The predicted molar refractivity (Wildman–Crippen MR) is 136 cm³/mol. The predicted octanol–water partition coefficient (Wildman–Crippen LogP) is 3.59. The summed E-state index contributed by atoms with van der Waals surface area (Å²) < 4.78 is 21.2. The summed E-state index contributed by atoms with van der Waals surface area (Å²) in [7, 11) is 4.50. The van der Waals surface area contributed by atoms with Crippen LogP contribution in [0, 0.1) is 10.1 Å². The molecule has 0 spiro atoms. The molecule has 1 aromatic heterocycles. The SMILES string of the molecule is CCOC(=O)CN(Cc1ccccc1)c1ncnc(NCc2cc(OC)c(OC)c(OC)c2)c1[N+](=O)[O-].